The van der Waals surface area contributed by atoms with Crippen molar-refractivity contribution < 1.29 is 23.9 Å². The zero-order chi connectivity index (χ0) is 15.8. The summed E-state index contributed by atoms with van der Waals surface area (Å²) in [5, 5.41) is 4.20. The van der Waals surface area contributed by atoms with Gasteiger partial charge in [0.1, 0.15) is 5.75 Å². The lowest BCUT2D eigenvalue weighted by atomic mass is 10.3. The number of esters is 1. The lowest BCUT2D eigenvalue weighted by Crippen LogP contribution is -2.43. The Morgan fingerprint density at radius 1 is 1.24 bits per heavy atom. The summed E-state index contributed by atoms with van der Waals surface area (Å²) in [5.41, 5.74) is 6.08. The average molecular weight is 295 g/mol. The Morgan fingerprint density at radius 2 is 1.86 bits per heavy atom. The Morgan fingerprint density at radius 3 is 2.43 bits per heavy atom. The fraction of sp³-hybridized carbons (Fsp3) is 0.308. The minimum atomic E-state index is -1.11. The van der Waals surface area contributed by atoms with Crippen LogP contribution in [0.2, 0.25) is 0 Å². The van der Waals surface area contributed by atoms with Crippen molar-refractivity contribution in [3.63, 3.8) is 0 Å². The van der Waals surface area contributed by atoms with Crippen molar-refractivity contribution in [3.8, 4) is 5.75 Å². The molecular formula is C13H17N3O5. The van der Waals surface area contributed by atoms with Crippen LogP contribution in [0.1, 0.15) is 6.92 Å². The van der Waals surface area contributed by atoms with E-state index in [4.69, 9.17) is 15.2 Å². The normalized spacial score (nSPS) is 11.1. The van der Waals surface area contributed by atoms with Crippen molar-refractivity contribution in [3.05, 3.63) is 24.3 Å². The standard InChI is InChI=1S/C13H17N3O5/c1-8(12(18)16-13(19)15-2)21-11(17)7-20-10-5-3-9(14)4-6-10/h3-6,8H,7,14H2,1-2H3,(H2,15,16,18,19). The van der Waals surface area contributed by atoms with Gasteiger partial charge in [0.25, 0.3) is 5.91 Å². The van der Waals surface area contributed by atoms with Crippen LogP contribution in [0.15, 0.2) is 24.3 Å². The van der Waals surface area contributed by atoms with Crippen LogP contribution in [0, 0.1) is 0 Å². The highest BCUT2D eigenvalue weighted by Gasteiger charge is 2.19. The van der Waals surface area contributed by atoms with Gasteiger partial charge >= 0.3 is 12.0 Å². The molecule has 1 unspecified atom stereocenters. The van der Waals surface area contributed by atoms with Crippen molar-refractivity contribution in [1.29, 1.82) is 0 Å². The van der Waals surface area contributed by atoms with Crippen LogP contribution in [0.4, 0.5) is 10.5 Å². The van der Waals surface area contributed by atoms with Gasteiger partial charge < -0.3 is 20.5 Å². The summed E-state index contributed by atoms with van der Waals surface area (Å²) in [5.74, 6) is -1.01. The Hall–Kier alpha value is -2.77. The van der Waals surface area contributed by atoms with E-state index in [0.717, 1.165) is 0 Å². The van der Waals surface area contributed by atoms with Crippen LogP contribution in [-0.2, 0) is 14.3 Å². The molecule has 8 heteroatoms. The van der Waals surface area contributed by atoms with Crippen molar-refractivity contribution in [2.45, 2.75) is 13.0 Å². The maximum atomic E-state index is 11.5. The second-order valence-corrected chi connectivity index (χ2v) is 4.06. The number of nitrogens with two attached hydrogens (primary N) is 1. The lowest BCUT2D eigenvalue weighted by molar-refractivity contribution is -0.156. The molecule has 1 aromatic rings. The van der Waals surface area contributed by atoms with E-state index in [1.165, 1.54) is 14.0 Å². The highest BCUT2D eigenvalue weighted by Crippen LogP contribution is 2.12. The van der Waals surface area contributed by atoms with E-state index < -0.39 is 24.0 Å². The topological polar surface area (TPSA) is 120 Å². The number of carbonyl (C=O) groups excluding carboxylic acids is 3. The number of carbonyl (C=O) groups is 3. The van der Waals surface area contributed by atoms with Crippen LogP contribution in [0.25, 0.3) is 0 Å². The van der Waals surface area contributed by atoms with Crippen molar-refractivity contribution in [2.75, 3.05) is 19.4 Å². The SMILES string of the molecule is CNC(=O)NC(=O)C(C)OC(=O)COc1ccc(N)cc1. The smallest absolute Gasteiger partial charge is 0.344 e. The van der Waals surface area contributed by atoms with Gasteiger partial charge in [0.2, 0.25) is 0 Å². The van der Waals surface area contributed by atoms with Crippen molar-refractivity contribution in [2.24, 2.45) is 0 Å². The van der Waals surface area contributed by atoms with Gasteiger partial charge in [0.15, 0.2) is 12.7 Å². The molecule has 0 radical (unpaired) electrons. The fourth-order valence-corrected chi connectivity index (χ4v) is 1.27. The number of benzene rings is 1. The summed E-state index contributed by atoms with van der Waals surface area (Å²) >= 11 is 0. The number of rotatable bonds is 5. The number of nitrogen functional groups attached to an aromatic ring is 1. The van der Waals surface area contributed by atoms with E-state index in [9.17, 15) is 14.4 Å². The Kier molecular flexibility index (Phi) is 5.99. The molecule has 1 rings (SSSR count). The highest BCUT2D eigenvalue weighted by molar-refractivity contribution is 5.97. The molecule has 0 spiro atoms. The van der Waals surface area contributed by atoms with Crippen LogP contribution in [0.5, 0.6) is 5.75 Å². The summed E-state index contributed by atoms with van der Waals surface area (Å²) in [4.78, 5) is 33.9. The molecule has 0 aliphatic heterocycles. The fourth-order valence-electron chi connectivity index (χ4n) is 1.27. The summed E-state index contributed by atoms with van der Waals surface area (Å²) in [6.45, 7) is 0.987. The number of nitrogens with one attached hydrogen (secondary N) is 2. The highest BCUT2D eigenvalue weighted by atomic mass is 16.6. The lowest BCUT2D eigenvalue weighted by Gasteiger charge is -2.13. The van der Waals surface area contributed by atoms with Crippen molar-refractivity contribution >= 4 is 23.6 Å². The van der Waals surface area contributed by atoms with E-state index in [2.05, 4.69) is 5.32 Å². The van der Waals surface area contributed by atoms with E-state index in [-0.39, 0.29) is 6.61 Å². The third kappa shape index (κ3) is 5.81. The molecule has 0 bridgehead atoms. The predicted molar refractivity (Wildman–Crippen MR) is 74.5 cm³/mol. The molecule has 1 atom stereocenters. The predicted octanol–water partition coefficient (Wildman–Crippen LogP) is 0.0349. The van der Waals surface area contributed by atoms with E-state index in [1.54, 1.807) is 24.3 Å². The largest absolute Gasteiger partial charge is 0.482 e. The molecule has 8 nitrogen and oxygen atoms in total. The van der Waals surface area contributed by atoms with Gasteiger partial charge in [0.05, 0.1) is 0 Å². The molecule has 0 aromatic heterocycles. The number of hydrogen-bond donors (Lipinski definition) is 3. The molecule has 1 aromatic carbocycles. The Balaban J connectivity index is 2.37. The molecule has 21 heavy (non-hydrogen) atoms. The minimum Gasteiger partial charge on any atom is -0.482 e. The average Bonchev–Trinajstić information content (AvgIpc) is 2.46. The first kappa shape index (κ1) is 16.3. The molecular weight excluding hydrogens is 278 g/mol. The third-order valence-corrected chi connectivity index (χ3v) is 2.38. The first-order chi connectivity index (χ1) is 9.92. The Labute approximate surface area is 121 Å². The van der Waals surface area contributed by atoms with Crippen LogP contribution >= 0.6 is 0 Å². The first-order valence-corrected chi connectivity index (χ1v) is 6.12. The molecule has 0 aliphatic carbocycles. The van der Waals surface area contributed by atoms with Gasteiger partial charge in [-0.15, -0.1) is 0 Å². The minimum absolute atomic E-state index is 0.360. The maximum absolute atomic E-state index is 11.5. The van der Waals surface area contributed by atoms with Crippen molar-refractivity contribution in [1.82, 2.24) is 10.6 Å². The molecule has 0 aliphatic rings. The number of urea groups is 1. The molecule has 3 amide bonds. The first-order valence-electron chi connectivity index (χ1n) is 6.12. The maximum Gasteiger partial charge on any atom is 0.344 e. The summed E-state index contributed by atoms with van der Waals surface area (Å²) in [7, 11) is 1.36. The summed E-state index contributed by atoms with van der Waals surface area (Å²) in [6, 6.07) is 5.77. The van der Waals surface area contributed by atoms with Gasteiger partial charge in [-0.05, 0) is 31.2 Å². The zero-order valence-corrected chi connectivity index (χ0v) is 11.7. The van der Waals surface area contributed by atoms with Crippen LogP contribution in [-0.4, -0.2) is 37.7 Å². The quantitative estimate of drug-likeness (QED) is 0.521. The molecule has 114 valence electrons. The molecule has 0 saturated heterocycles. The Bertz CT molecular complexity index is 515. The van der Waals surface area contributed by atoms with E-state index >= 15 is 0 Å². The molecule has 0 saturated carbocycles. The van der Waals surface area contributed by atoms with Gasteiger partial charge in [-0.25, -0.2) is 9.59 Å². The number of anilines is 1. The second-order valence-electron chi connectivity index (χ2n) is 4.06. The van der Waals surface area contributed by atoms with E-state index in [1.807, 2.05) is 5.32 Å². The second kappa shape index (κ2) is 7.73. The number of hydrogen-bond acceptors (Lipinski definition) is 6. The van der Waals surface area contributed by atoms with Crippen LogP contribution < -0.4 is 21.1 Å². The summed E-state index contributed by atoms with van der Waals surface area (Å²) in [6.07, 6.45) is -1.11. The number of imide groups is 1. The van der Waals surface area contributed by atoms with E-state index in [0.29, 0.717) is 11.4 Å². The molecule has 0 heterocycles. The van der Waals surface area contributed by atoms with Gasteiger partial charge in [-0.1, -0.05) is 0 Å². The van der Waals surface area contributed by atoms with Crippen LogP contribution in [0.3, 0.4) is 0 Å². The number of ether oxygens (including phenoxy) is 2. The molecule has 0 fully saturated rings. The summed E-state index contributed by atoms with van der Waals surface area (Å²) < 4.78 is 9.99. The van der Waals surface area contributed by atoms with Gasteiger partial charge in [0, 0.05) is 12.7 Å². The molecule has 4 N–H and O–H groups in total. The van der Waals surface area contributed by atoms with Gasteiger partial charge in [-0.3, -0.25) is 10.1 Å². The monoisotopic (exact) mass is 295 g/mol. The van der Waals surface area contributed by atoms with Gasteiger partial charge in [-0.2, -0.15) is 0 Å². The number of amides is 3. The third-order valence-electron chi connectivity index (χ3n) is 2.38. The zero-order valence-electron chi connectivity index (χ0n) is 11.7.